The lowest BCUT2D eigenvalue weighted by atomic mass is 10.4. The first-order valence-electron chi connectivity index (χ1n) is 3.39. The normalized spacial score (nSPS) is 13.8. The first-order chi connectivity index (χ1) is 5.52. The van der Waals surface area contributed by atoms with Crippen LogP contribution in [0, 0.1) is 11.3 Å². The molecule has 0 spiro atoms. The molecule has 70 valence electrons. The number of nitriles is 1. The third kappa shape index (κ3) is 5.07. The largest absolute Gasteiger partial charge is 0.380 e. The van der Waals surface area contributed by atoms with Crippen molar-refractivity contribution in [3.63, 3.8) is 0 Å². The summed E-state index contributed by atoms with van der Waals surface area (Å²) in [6.45, 7) is 1.93. The van der Waals surface area contributed by atoms with E-state index in [0.29, 0.717) is 0 Å². The van der Waals surface area contributed by atoms with Gasteiger partial charge in [-0.2, -0.15) is 5.26 Å². The van der Waals surface area contributed by atoms with Gasteiger partial charge in [-0.15, -0.1) is 0 Å². The van der Waals surface area contributed by atoms with E-state index in [2.05, 4.69) is 4.72 Å². The predicted molar refractivity (Wildman–Crippen MR) is 43.9 cm³/mol. The van der Waals surface area contributed by atoms with Crippen LogP contribution in [0.3, 0.4) is 0 Å². The topological polar surface area (TPSA) is 79.2 Å². The number of nitrogens with one attached hydrogen (secondary N) is 1. The number of hydrogen-bond donors (Lipinski definition) is 1. The molecule has 12 heavy (non-hydrogen) atoms. The second-order valence-corrected chi connectivity index (χ2v) is 4.12. The van der Waals surface area contributed by atoms with Gasteiger partial charge in [-0.25, -0.2) is 13.1 Å². The lowest BCUT2D eigenvalue weighted by molar-refractivity contribution is 0.122. The third-order valence-corrected chi connectivity index (χ3v) is 2.36. The van der Waals surface area contributed by atoms with Crippen molar-refractivity contribution < 1.29 is 13.2 Å². The van der Waals surface area contributed by atoms with Crippen molar-refractivity contribution in [2.45, 2.75) is 13.0 Å². The second kappa shape index (κ2) is 5.09. The van der Waals surface area contributed by atoms with Gasteiger partial charge >= 0.3 is 0 Å². The molecule has 0 rings (SSSR count). The Labute approximate surface area is 72.4 Å². The minimum absolute atomic E-state index is 0.182. The van der Waals surface area contributed by atoms with Crippen LogP contribution in [0.15, 0.2) is 0 Å². The van der Waals surface area contributed by atoms with Gasteiger partial charge in [0.2, 0.25) is 10.0 Å². The van der Waals surface area contributed by atoms with E-state index in [1.165, 1.54) is 7.11 Å². The SMILES string of the molecule is COC(C)CNS(=O)(=O)CC#N. The van der Waals surface area contributed by atoms with E-state index in [-0.39, 0.29) is 12.6 Å². The van der Waals surface area contributed by atoms with Gasteiger partial charge in [-0.1, -0.05) is 0 Å². The van der Waals surface area contributed by atoms with Crippen molar-refractivity contribution >= 4 is 10.0 Å². The van der Waals surface area contributed by atoms with Crippen LogP contribution in [0.25, 0.3) is 0 Å². The summed E-state index contributed by atoms with van der Waals surface area (Å²) in [5.74, 6) is -0.510. The average Bonchev–Trinajstić information content (AvgIpc) is 2.00. The molecule has 0 radical (unpaired) electrons. The fourth-order valence-corrected chi connectivity index (χ4v) is 1.22. The monoisotopic (exact) mass is 192 g/mol. The van der Waals surface area contributed by atoms with Crippen molar-refractivity contribution in [3.05, 3.63) is 0 Å². The summed E-state index contributed by atoms with van der Waals surface area (Å²) >= 11 is 0. The standard InChI is InChI=1S/C6H12N2O3S/c1-6(11-2)5-8-12(9,10)4-3-7/h6,8H,4-5H2,1-2H3. The second-order valence-electron chi connectivity index (χ2n) is 2.31. The zero-order chi connectivity index (χ0) is 9.61. The molecule has 0 bridgehead atoms. The quantitative estimate of drug-likeness (QED) is 0.634. The Kier molecular flexibility index (Phi) is 4.81. The van der Waals surface area contributed by atoms with E-state index >= 15 is 0 Å². The number of methoxy groups -OCH3 is 1. The van der Waals surface area contributed by atoms with Crippen molar-refractivity contribution in [1.29, 1.82) is 5.26 Å². The Morgan fingerprint density at radius 2 is 2.25 bits per heavy atom. The number of hydrogen-bond acceptors (Lipinski definition) is 4. The maximum Gasteiger partial charge on any atom is 0.225 e. The molecule has 0 aromatic carbocycles. The van der Waals surface area contributed by atoms with Crippen molar-refractivity contribution in [3.8, 4) is 6.07 Å². The fraction of sp³-hybridized carbons (Fsp3) is 0.833. The average molecular weight is 192 g/mol. The summed E-state index contributed by atoms with van der Waals surface area (Å²) in [6.07, 6.45) is -0.182. The molecule has 0 saturated carbocycles. The number of rotatable bonds is 5. The summed E-state index contributed by atoms with van der Waals surface area (Å²) in [5.41, 5.74) is 0. The van der Waals surface area contributed by atoms with Gasteiger partial charge in [-0.05, 0) is 6.92 Å². The van der Waals surface area contributed by atoms with Crippen molar-refractivity contribution in [1.82, 2.24) is 4.72 Å². The molecular formula is C6H12N2O3S. The van der Waals surface area contributed by atoms with E-state index in [1.54, 1.807) is 13.0 Å². The van der Waals surface area contributed by atoms with Crippen LogP contribution in [0.5, 0.6) is 0 Å². The van der Waals surface area contributed by atoms with Crippen LogP contribution in [-0.2, 0) is 14.8 Å². The van der Waals surface area contributed by atoms with Gasteiger partial charge in [0.15, 0.2) is 5.75 Å². The Hall–Kier alpha value is -0.640. The molecule has 0 aliphatic carbocycles. The van der Waals surface area contributed by atoms with E-state index in [9.17, 15) is 8.42 Å². The summed E-state index contributed by atoms with van der Waals surface area (Å²) < 4.78 is 28.8. The minimum atomic E-state index is -3.43. The lowest BCUT2D eigenvalue weighted by Gasteiger charge is -2.09. The number of ether oxygens (including phenoxy) is 1. The molecule has 0 saturated heterocycles. The zero-order valence-corrected chi connectivity index (χ0v) is 7.89. The molecule has 0 amide bonds. The van der Waals surface area contributed by atoms with Crippen LogP contribution in [0.1, 0.15) is 6.92 Å². The zero-order valence-electron chi connectivity index (χ0n) is 7.07. The van der Waals surface area contributed by atoms with E-state index in [4.69, 9.17) is 10.00 Å². The smallest absolute Gasteiger partial charge is 0.225 e. The van der Waals surface area contributed by atoms with Crippen LogP contribution < -0.4 is 4.72 Å². The molecule has 1 atom stereocenters. The molecule has 6 heteroatoms. The van der Waals surface area contributed by atoms with Crippen LogP contribution in [-0.4, -0.2) is 33.9 Å². The minimum Gasteiger partial charge on any atom is -0.380 e. The molecule has 1 N–H and O–H groups in total. The fourth-order valence-electron chi connectivity index (χ4n) is 0.464. The van der Waals surface area contributed by atoms with Gasteiger partial charge in [0.05, 0.1) is 12.2 Å². The van der Waals surface area contributed by atoms with Crippen molar-refractivity contribution in [2.75, 3.05) is 19.4 Å². The number of sulfonamides is 1. The third-order valence-electron chi connectivity index (χ3n) is 1.25. The van der Waals surface area contributed by atoms with E-state index < -0.39 is 15.8 Å². The Morgan fingerprint density at radius 1 is 1.67 bits per heavy atom. The van der Waals surface area contributed by atoms with Gasteiger partial charge in [0, 0.05) is 13.7 Å². The highest BCUT2D eigenvalue weighted by Gasteiger charge is 2.10. The maximum absolute atomic E-state index is 10.9. The van der Waals surface area contributed by atoms with E-state index in [0.717, 1.165) is 0 Å². The molecular weight excluding hydrogens is 180 g/mol. The highest BCUT2D eigenvalue weighted by Crippen LogP contribution is 1.87. The maximum atomic E-state index is 10.9. The molecule has 5 nitrogen and oxygen atoms in total. The molecule has 0 heterocycles. The predicted octanol–water partition coefficient (Wildman–Crippen LogP) is -0.536. The lowest BCUT2D eigenvalue weighted by Crippen LogP contribution is -2.32. The van der Waals surface area contributed by atoms with E-state index in [1.807, 2.05) is 0 Å². The number of nitrogens with zero attached hydrogens (tertiary/aromatic N) is 1. The first-order valence-corrected chi connectivity index (χ1v) is 5.04. The molecule has 0 aliphatic rings. The summed E-state index contributed by atoms with van der Waals surface area (Å²) in [5, 5.41) is 8.12. The highest BCUT2D eigenvalue weighted by molar-refractivity contribution is 7.89. The Balaban J connectivity index is 3.86. The van der Waals surface area contributed by atoms with Gasteiger partial charge in [-0.3, -0.25) is 0 Å². The molecule has 0 aromatic rings. The Morgan fingerprint density at radius 3 is 2.67 bits per heavy atom. The van der Waals surface area contributed by atoms with Gasteiger partial charge in [0.25, 0.3) is 0 Å². The van der Waals surface area contributed by atoms with Gasteiger partial charge in [0.1, 0.15) is 0 Å². The van der Waals surface area contributed by atoms with Crippen LogP contribution in [0.4, 0.5) is 0 Å². The summed E-state index contributed by atoms with van der Waals surface area (Å²) in [6, 6.07) is 1.56. The van der Waals surface area contributed by atoms with Gasteiger partial charge < -0.3 is 4.74 Å². The molecule has 0 aromatic heterocycles. The molecule has 1 unspecified atom stereocenters. The van der Waals surface area contributed by atoms with Crippen LogP contribution in [0.2, 0.25) is 0 Å². The summed E-state index contributed by atoms with van der Waals surface area (Å²) in [4.78, 5) is 0. The Bertz CT molecular complexity index is 254. The molecule has 0 aliphatic heterocycles. The first kappa shape index (κ1) is 11.4. The van der Waals surface area contributed by atoms with Crippen molar-refractivity contribution in [2.24, 2.45) is 0 Å². The highest BCUT2D eigenvalue weighted by atomic mass is 32.2. The van der Waals surface area contributed by atoms with Crippen LogP contribution >= 0.6 is 0 Å². The molecule has 0 fully saturated rings. The summed E-state index contributed by atoms with van der Waals surface area (Å²) in [7, 11) is -1.94.